The van der Waals surface area contributed by atoms with Gasteiger partial charge in [-0.3, -0.25) is 24.1 Å². The van der Waals surface area contributed by atoms with E-state index in [0.29, 0.717) is 34.6 Å². The molecule has 0 bridgehead atoms. The topological polar surface area (TPSA) is 101 Å². The zero-order valence-electron chi connectivity index (χ0n) is 21.2. The van der Waals surface area contributed by atoms with Crippen LogP contribution in [0.15, 0.2) is 83.0 Å². The van der Waals surface area contributed by atoms with E-state index in [4.69, 9.17) is 9.84 Å². The van der Waals surface area contributed by atoms with Gasteiger partial charge in [-0.1, -0.05) is 23.8 Å². The van der Waals surface area contributed by atoms with Crippen LogP contribution in [0.1, 0.15) is 31.2 Å². The summed E-state index contributed by atoms with van der Waals surface area (Å²) in [6, 6.07) is 14.6. The summed E-state index contributed by atoms with van der Waals surface area (Å²) in [5, 5.41) is 9.07. The molecule has 7 nitrogen and oxygen atoms in total. The van der Waals surface area contributed by atoms with Crippen LogP contribution in [0.25, 0.3) is 0 Å². The molecular weight excluding hydrogens is 609 g/mol. The lowest BCUT2D eigenvalue weighted by Crippen LogP contribution is -2.39. The fourth-order valence-corrected chi connectivity index (χ4v) is 6.89. The Labute approximate surface area is 239 Å². The van der Waals surface area contributed by atoms with Crippen LogP contribution in [0.3, 0.4) is 0 Å². The largest absolute Gasteiger partial charge is 0.491 e. The first-order chi connectivity index (χ1) is 18.8. The molecular formula is C31H26INO6. The fourth-order valence-electron chi connectivity index (χ4n) is 6.53. The number of benzene rings is 2. The van der Waals surface area contributed by atoms with E-state index in [-0.39, 0.29) is 48.9 Å². The minimum Gasteiger partial charge on any atom is -0.491 e. The number of ketones is 2. The SMILES string of the molecule is CC1=CC(=O)C2=C(CC3C(=CCC4C(=O)N(c5ccc(I)cc5)C(=O)C43)C2c2ccc(OCCO)cc2)C1=O. The Morgan fingerprint density at radius 1 is 0.974 bits per heavy atom. The molecule has 4 aliphatic rings. The van der Waals surface area contributed by atoms with Crippen LogP contribution in [0.4, 0.5) is 5.69 Å². The van der Waals surface area contributed by atoms with E-state index in [0.717, 1.165) is 14.7 Å². The number of imide groups is 1. The van der Waals surface area contributed by atoms with Gasteiger partial charge in [0, 0.05) is 26.2 Å². The number of hydrogen-bond acceptors (Lipinski definition) is 6. The summed E-state index contributed by atoms with van der Waals surface area (Å²) >= 11 is 2.18. The van der Waals surface area contributed by atoms with E-state index >= 15 is 0 Å². The van der Waals surface area contributed by atoms with Gasteiger partial charge in [-0.2, -0.15) is 0 Å². The highest BCUT2D eigenvalue weighted by Crippen LogP contribution is 2.55. The lowest BCUT2D eigenvalue weighted by Gasteiger charge is -2.42. The number of carbonyl (C=O) groups is 4. The van der Waals surface area contributed by atoms with Crippen LogP contribution >= 0.6 is 22.6 Å². The molecule has 39 heavy (non-hydrogen) atoms. The van der Waals surface area contributed by atoms with Crippen LogP contribution in [-0.2, 0) is 19.2 Å². The molecule has 2 aromatic rings. The van der Waals surface area contributed by atoms with Crippen molar-refractivity contribution in [2.45, 2.75) is 25.7 Å². The summed E-state index contributed by atoms with van der Waals surface area (Å²) in [6.07, 6.45) is 4.08. The number of amides is 2. The number of hydrogen-bond donors (Lipinski definition) is 1. The normalized spacial score (nSPS) is 26.2. The van der Waals surface area contributed by atoms with Crippen LogP contribution in [0.2, 0.25) is 0 Å². The van der Waals surface area contributed by atoms with Gasteiger partial charge in [0.15, 0.2) is 11.6 Å². The highest BCUT2D eigenvalue weighted by Gasteiger charge is 2.56. The van der Waals surface area contributed by atoms with Crippen molar-refractivity contribution in [1.82, 2.24) is 0 Å². The van der Waals surface area contributed by atoms with Gasteiger partial charge in [-0.05, 0) is 96.3 Å². The number of anilines is 1. The van der Waals surface area contributed by atoms with E-state index in [1.165, 1.54) is 11.0 Å². The smallest absolute Gasteiger partial charge is 0.238 e. The second kappa shape index (κ2) is 9.98. The molecule has 0 aromatic heterocycles. The molecule has 0 radical (unpaired) electrons. The highest BCUT2D eigenvalue weighted by molar-refractivity contribution is 14.1. The van der Waals surface area contributed by atoms with Crippen LogP contribution in [0, 0.1) is 21.3 Å². The Bertz CT molecular complexity index is 1500. The molecule has 0 spiro atoms. The molecule has 4 atom stereocenters. The summed E-state index contributed by atoms with van der Waals surface area (Å²) in [5.74, 6) is -2.23. The highest BCUT2D eigenvalue weighted by atomic mass is 127. The minimum absolute atomic E-state index is 0.105. The predicted octanol–water partition coefficient (Wildman–Crippen LogP) is 4.30. The zero-order valence-corrected chi connectivity index (χ0v) is 23.4. The summed E-state index contributed by atoms with van der Waals surface area (Å²) in [7, 11) is 0. The molecule has 198 valence electrons. The number of Topliss-reactive ketones (excluding diaryl/α,β-unsaturated/α-hetero) is 1. The van der Waals surface area contributed by atoms with E-state index in [1.807, 2.05) is 30.3 Å². The van der Waals surface area contributed by atoms with Gasteiger partial charge >= 0.3 is 0 Å². The maximum atomic E-state index is 13.9. The third-order valence-corrected chi connectivity index (χ3v) is 8.94. The first-order valence-corrected chi connectivity index (χ1v) is 14.0. The van der Waals surface area contributed by atoms with Gasteiger partial charge < -0.3 is 9.84 Å². The Morgan fingerprint density at radius 3 is 2.38 bits per heavy atom. The number of nitrogens with zero attached hydrogens (tertiary/aromatic N) is 1. The van der Waals surface area contributed by atoms with Gasteiger partial charge in [-0.15, -0.1) is 0 Å². The molecule has 1 heterocycles. The standard InChI is InChI=1S/C31H26INO6/c1-16-14-25(35)28-24(29(16)36)15-23-21(26(28)17-2-8-20(9-3-17)39-13-12-34)10-11-22-27(23)31(38)33(30(22)37)19-6-4-18(32)5-7-19/h2-10,14,22-23,26-27,34H,11-13,15H2,1H3. The summed E-state index contributed by atoms with van der Waals surface area (Å²) in [6.45, 7) is 1.70. The number of halogens is 1. The molecule has 1 N–H and O–H groups in total. The molecule has 1 aliphatic heterocycles. The molecule has 3 aliphatic carbocycles. The maximum Gasteiger partial charge on any atom is 0.238 e. The van der Waals surface area contributed by atoms with Crippen molar-refractivity contribution < 1.29 is 29.0 Å². The molecule has 6 rings (SSSR count). The molecule has 2 amide bonds. The number of ether oxygens (including phenoxy) is 1. The number of aliphatic hydroxyl groups is 1. The van der Waals surface area contributed by atoms with Gasteiger partial charge in [0.05, 0.1) is 24.1 Å². The third kappa shape index (κ3) is 4.21. The Hall–Kier alpha value is -3.37. The molecule has 1 fully saturated rings. The van der Waals surface area contributed by atoms with Gasteiger partial charge in [0.25, 0.3) is 0 Å². The molecule has 0 saturated carbocycles. The summed E-state index contributed by atoms with van der Waals surface area (Å²) in [4.78, 5) is 55.5. The Kier molecular flexibility index (Phi) is 6.63. The van der Waals surface area contributed by atoms with Crippen molar-refractivity contribution >= 4 is 51.7 Å². The van der Waals surface area contributed by atoms with Crippen LogP contribution in [0.5, 0.6) is 5.75 Å². The molecule has 4 unspecified atom stereocenters. The van der Waals surface area contributed by atoms with E-state index in [2.05, 4.69) is 22.6 Å². The second-order valence-electron chi connectivity index (χ2n) is 10.4. The Morgan fingerprint density at radius 2 is 1.69 bits per heavy atom. The first-order valence-electron chi connectivity index (χ1n) is 13.0. The molecule has 1 saturated heterocycles. The Balaban J connectivity index is 1.43. The second-order valence-corrected chi connectivity index (χ2v) is 11.6. The summed E-state index contributed by atoms with van der Waals surface area (Å²) < 4.78 is 6.51. The van der Waals surface area contributed by atoms with E-state index < -0.39 is 17.8 Å². The quantitative estimate of drug-likeness (QED) is 0.228. The van der Waals surface area contributed by atoms with Gasteiger partial charge in [0.1, 0.15) is 12.4 Å². The number of fused-ring (bicyclic) bond motifs is 3. The number of allylic oxidation sites excluding steroid dienone is 6. The van der Waals surface area contributed by atoms with E-state index in [1.54, 1.807) is 31.2 Å². The van der Waals surface area contributed by atoms with Crippen molar-refractivity contribution in [2.24, 2.45) is 17.8 Å². The van der Waals surface area contributed by atoms with Crippen molar-refractivity contribution in [3.8, 4) is 5.75 Å². The zero-order chi connectivity index (χ0) is 27.4. The summed E-state index contributed by atoms with van der Waals surface area (Å²) in [5.41, 5.74) is 3.57. The van der Waals surface area contributed by atoms with Crippen molar-refractivity contribution in [3.05, 3.63) is 92.1 Å². The first kappa shape index (κ1) is 25.9. The predicted molar refractivity (Wildman–Crippen MR) is 152 cm³/mol. The van der Waals surface area contributed by atoms with Crippen LogP contribution in [-0.4, -0.2) is 41.7 Å². The maximum absolute atomic E-state index is 13.9. The lowest BCUT2D eigenvalue weighted by atomic mass is 9.59. The van der Waals surface area contributed by atoms with Crippen molar-refractivity contribution in [3.63, 3.8) is 0 Å². The van der Waals surface area contributed by atoms with E-state index in [9.17, 15) is 19.2 Å². The third-order valence-electron chi connectivity index (χ3n) is 8.22. The average Bonchev–Trinajstić information content (AvgIpc) is 3.20. The average molecular weight is 635 g/mol. The van der Waals surface area contributed by atoms with Gasteiger partial charge in [-0.25, -0.2) is 0 Å². The van der Waals surface area contributed by atoms with Crippen molar-refractivity contribution in [2.75, 3.05) is 18.1 Å². The number of carbonyl (C=O) groups excluding carboxylic acids is 4. The monoisotopic (exact) mass is 635 g/mol. The van der Waals surface area contributed by atoms with Crippen molar-refractivity contribution in [1.29, 1.82) is 0 Å². The van der Waals surface area contributed by atoms with Crippen LogP contribution < -0.4 is 9.64 Å². The molecule has 2 aromatic carbocycles. The van der Waals surface area contributed by atoms with Gasteiger partial charge in [0.2, 0.25) is 11.8 Å². The minimum atomic E-state index is -0.602. The fraction of sp³-hybridized carbons (Fsp3) is 0.290. The number of aliphatic hydroxyl groups excluding tert-OH is 1. The number of rotatable bonds is 5. The lowest BCUT2D eigenvalue weighted by molar-refractivity contribution is -0.123. The molecule has 8 heteroatoms.